The summed E-state index contributed by atoms with van der Waals surface area (Å²) in [5.74, 6) is 0. The normalized spacial score (nSPS) is 7.33. The molecule has 0 amide bonds. The summed E-state index contributed by atoms with van der Waals surface area (Å²) in [4.78, 5) is 0. The molecule has 0 aromatic carbocycles. The van der Waals surface area contributed by atoms with Gasteiger partial charge in [-0.2, -0.15) is 4.21 Å². The van der Waals surface area contributed by atoms with Gasteiger partial charge in [-0.1, -0.05) is 0 Å². The van der Waals surface area contributed by atoms with E-state index in [4.69, 9.17) is 16.8 Å². The molecule has 40 valence electrons. The van der Waals surface area contributed by atoms with Crippen molar-refractivity contribution in [3.05, 3.63) is 0 Å². The van der Waals surface area contributed by atoms with Gasteiger partial charge in [0.25, 0.3) is 11.4 Å². The zero-order valence-corrected chi connectivity index (χ0v) is 9.68. The van der Waals surface area contributed by atoms with E-state index in [1.807, 2.05) is 0 Å². The molecule has 6 heavy (non-hydrogen) atoms. The summed E-state index contributed by atoms with van der Waals surface area (Å²) in [6.45, 7) is 0. The Balaban J connectivity index is 0. The molecular formula is H6O4SSn. The van der Waals surface area contributed by atoms with Crippen LogP contribution in [0, 0.1) is 0 Å². The Morgan fingerprint density at radius 1 is 1.33 bits per heavy atom. The molecule has 0 spiro atoms. The van der Waals surface area contributed by atoms with Crippen molar-refractivity contribution in [3.63, 3.8) is 0 Å². The van der Waals surface area contributed by atoms with Crippen molar-refractivity contribution in [3.8, 4) is 0 Å². The van der Waals surface area contributed by atoms with Gasteiger partial charge in [-0.3, -0.25) is 9.11 Å². The van der Waals surface area contributed by atoms with Crippen molar-refractivity contribution in [1.29, 1.82) is 0 Å². The van der Waals surface area contributed by atoms with E-state index in [-0.39, 0.29) is 22.9 Å². The monoisotopic (exact) mass is 222 g/mol. The minimum absolute atomic E-state index is 0.0500. The molecule has 4 nitrogen and oxygen atoms in total. The third-order valence-electron chi connectivity index (χ3n) is 0. The Morgan fingerprint density at radius 2 is 1.33 bits per heavy atom. The Bertz CT molecular complexity index is 30.5. The summed E-state index contributed by atoms with van der Waals surface area (Å²) in [5, 5.41) is 0. The predicted octanol–water partition coefficient (Wildman–Crippen LogP) is -2.06. The molecule has 0 fully saturated rings. The number of rotatable bonds is 0. The van der Waals surface area contributed by atoms with Gasteiger partial charge in [0.2, 0.25) is 0 Å². The van der Waals surface area contributed by atoms with E-state index in [2.05, 4.69) is 0 Å². The predicted molar refractivity (Wildman–Crippen MR) is 25.6 cm³/mol. The topological polar surface area (TPSA) is 77.8 Å². The standard InChI is InChI=1S/H2O3S.H2O.Sn.3H/c1-4(2)3;;;;;/h(H2,1,2,3);1H2;;;;/q;;+1;;;/p-1. The van der Waals surface area contributed by atoms with E-state index in [0.29, 0.717) is 0 Å². The SMILES string of the molecule is O=S(O)O.[OH][SnH3]. The second-order valence-corrected chi connectivity index (χ2v) is 0.692. The van der Waals surface area contributed by atoms with E-state index >= 15 is 0 Å². The summed E-state index contributed by atoms with van der Waals surface area (Å²) < 4.78 is 30.0. The average molecular weight is 221 g/mol. The van der Waals surface area contributed by atoms with Crippen LogP contribution >= 0.6 is 0 Å². The van der Waals surface area contributed by atoms with Crippen molar-refractivity contribution in [2.45, 2.75) is 0 Å². The van der Waals surface area contributed by atoms with Crippen LogP contribution < -0.4 is 0 Å². The molecule has 0 unspecified atom stereocenters. The Hall–Kier alpha value is 0.829. The third kappa shape index (κ3) is 103. The summed E-state index contributed by atoms with van der Waals surface area (Å²) in [6.07, 6.45) is 0. The van der Waals surface area contributed by atoms with E-state index in [0.717, 1.165) is 0 Å². The molecule has 0 aliphatic rings. The van der Waals surface area contributed by atoms with Gasteiger partial charge >= 0.3 is 26.4 Å². The first-order chi connectivity index (χ1) is 2.73. The quantitative estimate of drug-likeness (QED) is 0.324. The molecule has 0 radical (unpaired) electrons. The van der Waals surface area contributed by atoms with Crippen molar-refractivity contribution < 1.29 is 16.8 Å². The molecule has 0 atom stereocenters. The van der Waals surface area contributed by atoms with Crippen LogP contribution in [-0.4, -0.2) is 39.7 Å². The molecule has 0 aromatic rings. The van der Waals surface area contributed by atoms with E-state index in [1.54, 1.807) is 0 Å². The molecule has 0 aromatic heterocycles. The van der Waals surface area contributed by atoms with Crippen molar-refractivity contribution >= 4 is 34.3 Å². The van der Waals surface area contributed by atoms with E-state index in [1.165, 1.54) is 0 Å². The summed E-state index contributed by atoms with van der Waals surface area (Å²) in [7, 11) is 0. The zero-order chi connectivity index (χ0) is 5.58. The van der Waals surface area contributed by atoms with Crippen molar-refractivity contribution in [2.75, 3.05) is 0 Å². The van der Waals surface area contributed by atoms with Crippen molar-refractivity contribution in [1.82, 2.24) is 0 Å². The van der Waals surface area contributed by atoms with Gasteiger partial charge in [-0.25, -0.2) is 0 Å². The summed E-state index contributed by atoms with van der Waals surface area (Å²) in [6, 6.07) is 0. The first-order valence-corrected chi connectivity index (χ1v) is 4.60. The molecule has 0 saturated heterocycles. The first kappa shape index (κ1) is 9.95. The molecule has 3 N–H and O–H groups in total. The molecule has 0 saturated carbocycles. The van der Waals surface area contributed by atoms with Gasteiger partial charge in [0.15, 0.2) is 0 Å². The first-order valence-electron chi connectivity index (χ1n) is 0.979. The molecular weight excluding hydrogens is 215 g/mol. The Labute approximate surface area is 51.3 Å². The molecule has 0 bridgehead atoms. The van der Waals surface area contributed by atoms with Gasteiger partial charge in [0.1, 0.15) is 0 Å². The second kappa shape index (κ2) is 9.27. The Morgan fingerprint density at radius 3 is 1.33 bits per heavy atom. The maximum atomic E-state index is 8.67. The van der Waals surface area contributed by atoms with E-state index < -0.39 is 11.4 Å². The number of hydrogen-bond donors (Lipinski definition) is 3. The van der Waals surface area contributed by atoms with E-state index in [9.17, 15) is 0 Å². The fourth-order valence-electron chi connectivity index (χ4n) is 0. The molecule has 0 aliphatic carbocycles. The Kier molecular flexibility index (Phi) is 15.4. The molecule has 0 aliphatic heterocycles. The van der Waals surface area contributed by atoms with Crippen LogP contribution in [0.4, 0.5) is 0 Å². The zero-order valence-electron chi connectivity index (χ0n) is 3.16. The van der Waals surface area contributed by atoms with Crippen LogP contribution in [0.2, 0.25) is 0 Å². The van der Waals surface area contributed by atoms with Gasteiger partial charge in [0, 0.05) is 0 Å². The van der Waals surface area contributed by atoms with Crippen LogP contribution in [0.1, 0.15) is 0 Å². The van der Waals surface area contributed by atoms with Crippen LogP contribution in [0.25, 0.3) is 0 Å². The van der Waals surface area contributed by atoms with Gasteiger partial charge in [0.05, 0.1) is 0 Å². The second-order valence-electron chi connectivity index (χ2n) is 0.231. The molecule has 6 heteroatoms. The number of hydrogen-bond acceptors (Lipinski definition) is 2. The molecule has 0 rings (SSSR count). The summed E-state index contributed by atoms with van der Waals surface area (Å²) in [5.41, 5.74) is 0. The fraction of sp³-hybridized carbons (Fsp3) is 0. The van der Waals surface area contributed by atoms with Gasteiger partial charge < -0.3 is 0 Å². The van der Waals surface area contributed by atoms with Crippen LogP contribution in [-0.2, 0) is 11.4 Å². The van der Waals surface area contributed by atoms with Gasteiger partial charge in [-0.15, -0.1) is 0 Å². The van der Waals surface area contributed by atoms with Gasteiger partial charge in [-0.05, 0) is 0 Å². The van der Waals surface area contributed by atoms with Crippen LogP contribution in [0.5, 0.6) is 0 Å². The van der Waals surface area contributed by atoms with Crippen LogP contribution in [0.15, 0.2) is 0 Å². The maximum absolute atomic E-state index is 8.67. The summed E-state index contributed by atoms with van der Waals surface area (Å²) >= 11 is -2.66. The third-order valence-corrected chi connectivity index (χ3v) is 0. The average Bonchev–Trinajstić information content (AvgIpc) is 1.41. The fourth-order valence-corrected chi connectivity index (χ4v) is 0. The molecule has 0 heterocycles. The van der Waals surface area contributed by atoms with Crippen LogP contribution in [0.3, 0.4) is 0 Å². The van der Waals surface area contributed by atoms with Crippen molar-refractivity contribution in [2.24, 2.45) is 0 Å². The minimum atomic E-state index is -2.61.